The molecule has 4 aromatic rings. The van der Waals surface area contributed by atoms with E-state index >= 15 is 0 Å². The third-order valence-corrected chi connectivity index (χ3v) is 13.1. The molecular formula is C40H39N3O12S. The van der Waals surface area contributed by atoms with E-state index in [0.29, 0.717) is 56.9 Å². The Labute approximate surface area is 324 Å². The standard InChI is InChI=1S/C40H39N3O12S/c1-16-10-20-12-23-38(47)43-24-13-51-40(49)22(41-37(46)21-11-19-8-6-7-9-25(19)55-39(21)48)14-56-36(30(43)29(42(23)4)26(20)31(45)32(16)50-5)28-27(24)35-34(52-15-53-35)17(2)33(28)54-18(3)44/h6-11,22-24,29-30,36,38,45,47H,12-15H2,1-5H3,(H,41,46)/t22-,23-,24-,29+,30+,36+,38-/m0/s1. The van der Waals surface area contributed by atoms with E-state index in [4.69, 9.17) is 28.1 Å². The van der Waals surface area contributed by atoms with E-state index in [1.54, 1.807) is 31.2 Å². The summed E-state index contributed by atoms with van der Waals surface area (Å²) >= 11 is 1.28. The monoisotopic (exact) mass is 785 g/mol. The number of aliphatic hydroxyl groups excluding tert-OH is 1. The largest absolute Gasteiger partial charge is 0.504 e. The van der Waals surface area contributed by atoms with Crippen molar-refractivity contribution in [3.8, 4) is 28.7 Å². The number of hydrogen-bond donors (Lipinski definition) is 3. The number of fused-ring (bicyclic) bond motifs is 11. The molecule has 16 heteroatoms. The minimum absolute atomic E-state index is 0.0137. The Bertz CT molecular complexity index is 2420. The van der Waals surface area contributed by atoms with Crippen molar-refractivity contribution in [2.24, 2.45) is 0 Å². The molecule has 15 nitrogen and oxygen atoms in total. The number of methoxy groups -OCH3 is 1. The first kappa shape index (κ1) is 36.4. The molecule has 2 saturated heterocycles. The Balaban J connectivity index is 1.22. The van der Waals surface area contributed by atoms with Crippen LogP contribution in [-0.2, 0) is 20.7 Å². The highest BCUT2D eigenvalue weighted by Gasteiger charge is 2.60. The van der Waals surface area contributed by atoms with Crippen molar-refractivity contribution in [1.82, 2.24) is 15.1 Å². The van der Waals surface area contributed by atoms with Gasteiger partial charge in [-0.25, -0.2) is 9.59 Å². The maximum absolute atomic E-state index is 14.0. The van der Waals surface area contributed by atoms with Crippen molar-refractivity contribution in [2.45, 2.75) is 68.9 Å². The second kappa shape index (κ2) is 13.4. The van der Waals surface area contributed by atoms with Gasteiger partial charge in [0.1, 0.15) is 35.8 Å². The second-order valence-electron chi connectivity index (χ2n) is 14.7. The third-order valence-electron chi connectivity index (χ3n) is 11.7. The summed E-state index contributed by atoms with van der Waals surface area (Å²) in [5, 5.41) is 26.9. The molecule has 1 aromatic heterocycles. The molecule has 4 bridgehead atoms. The smallest absolute Gasteiger partial charge is 0.349 e. The van der Waals surface area contributed by atoms with Crippen molar-refractivity contribution in [1.29, 1.82) is 0 Å². The lowest BCUT2D eigenvalue weighted by molar-refractivity contribution is -0.184. The number of nitrogens with zero attached hydrogens (tertiary/aromatic N) is 2. The van der Waals surface area contributed by atoms with Crippen LogP contribution in [0.4, 0.5) is 0 Å². The van der Waals surface area contributed by atoms with E-state index in [0.717, 1.165) is 11.1 Å². The zero-order valence-corrected chi connectivity index (χ0v) is 31.9. The van der Waals surface area contributed by atoms with Crippen LogP contribution in [0.5, 0.6) is 28.7 Å². The Morgan fingerprint density at radius 3 is 2.55 bits per heavy atom. The van der Waals surface area contributed by atoms with Crippen molar-refractivity contribution in [2.75, 3.05) is 33.3 Å². The highest BCUT2D eigenvalue weighted by Crippen LogP contribution is 2.63. The topological polar surface area (TPSA) is 187 Å². The summed E-state index contributed by atoms with van der Waals surface area (Å²) in [7, 11) is 3.40. The lowest BCUT2D eigenvalue weighted by Crippen LogP contribution is -2.69. The van der Waals surface area contributed by atoms with Gasteiger partial charge in [-0.1, -0.05) is 24.3 Å². The van der Waals surface area contributed by atoms with E-state index in [9.17, 15) is 29.4 Å². The van der Waals surface area contributed by atoms with Crippen LogP contribution in [0.3, 0.4) is 0 Å². The maximum Gasteiger partial charge on any atom is 0.349 e. The highest BCUT2D eigenvalue weighted by molar-refractivity contribution is 7.99. The van der Waals surface area contributed by atoms with Gasteiger partial charge >= 0.3 is 17.6 Å². The number of aryl methyl sites for hydroxylation is 1. The lowest BCUT2D eigenvalue weighted by atomic mass is 9.73. The van der Waals surface area contributed by atoms with Gasteiger partial charge in [0.05, 0.1) is 30.5 Å². The molecule has 6 aliphatic rings. The van der Waals surface area contributed by atoms with E-state index in [1.165, 1.54) is 31.9 Å². The Hall–Kier alpha value is -5.29. The molecule has 1 amide bonds. The number of phenols is 1. The molecule has 56 heavy (non-hydrogen) atoms. The first-order valence-electron chi connectivity index (χ1n) is 18.2. The number of carbonyl (C=O) groups is 3. The van der Waals surface area contributed by atoms with Gasteiger partial charge in [-0.15, -0.1) is 11.8 Å². The Morgan fingerprint density at radius 2 is 1.79 bits per heavy atom. The Kier molecular flexibility index (Phi) is 8.72. The summed E-state index contributed by atoms with van der Waals surface area (Å²) in [6.45, 7) is 4.52. The number of aromatic hydroxyl groups is 1. The van der Waals surface area contributed by atoms with Gasteiger partial charge in [-0.05, 0) is 50.6 Å². The fourth-order valence-corrected chi connectivity index (χ4v) is 10.8. The van der Waals surface area contributed by atoms with Crippen molar-refractivity contribution < 1.29 is 52.7 Å². The van der Waals surface area contributed by atoms with Crippen LogP contribution in [0.1, 0.15) is 68.0 Å². The summed E-state index contributed by atoms with van der Waals surface area (Å²) in [5.41, 5.74) is 3.07. The number of piperazine rings is 1. The van der Waals surface area contributed by atoms with Crippen LogP contribution in [0.25, 0.3) is 11.0 Å². The van der Waals surface area contributed by atoms with Gasteiger partial charge in [-0.2, -0.15) is 0 Å². The zero-order chi connectivity index (χ0) is 39.3. The number of benzene rings is 3. The van der Waals surface area contributed by atoms with Crippen molar-refractivity contribution >= 4 is 40.6 Å². The van der Waals surface area contributed by atoms with E-state index in [2.05, 4.69) is 10.2 Å². The van der Waals surface area contributed by atoms with E-state index < -0.39 is 65.2 Å². The number of para-hydroxylation sites is 1. The summed E-state index contributed by atoms with van der Waals surface area (Å²) in [4.78, 5) is 57.4. The molecule has 3 N–H and O–H groups in total. The quantitative estimate of drug-likeness (QED) is 0.155. The first-order chi connectivity index (χ1) is 26.9. The molecule has 0 saturated carbocycles. The number of likely N-dealkylation sites (N-methyl/N-ethyl adjacent to an activating group) is 1. The number of carbonyl (C=O) groups excluding carboxylic acids is 3. The SMILES string of the molecule is COc1c(C)cc2c(c1O)[C@@H]1[C@@H]3[C@@H]4SC[C@H](NC(=O)c5cc6ccccc6oc5=O)C(=O)OC[C@@H](c5c6c(c(C)c(OC(C)=O)c54)OCO6)N3[C@@H](O)[C@H](C2)N1C. The van der Waals surface area contributed by atoms with Crippen LogP contribution < -0.4 is 29.9 Å². The molecule has 10 rings (SSSR count). The van der Waals surface area contributed by atoms with Gasteiger partial charge in [0.15, 0.2) is 23.0 Å². The minimum Gasteiger partial charge on any atom is -0.504 e. The molecule has 0 aliphatic carbocycles. The number of aliphatic hydroxyl groups is 1. The predicted molar refractivity (Wildman–Crippen MR) is 200 cm³/mol. The molecule has 292 valence electrons. The van der Waals surface area contributed by atoms with Gasteiger partial charge < -0.3 is 43.6 Å². The first-order valence-corrected chi connectivity index (χ1v) is 19.3. The fourth-order valence-electron chi connectivity index (χ4n) is 9.33. The van der Waals surface area contributed by atoms with Gasteiger partial charge in [0.2, 0.25) is 6.79 Å². The summed E-state index contributed by atoms with van der Waals surface area (Å²) < 4.78 is 35.2. The number of hydrogen-bond acceptors (Lipinski definition) is 15. The molecule has 7 heterocycles. The van der Waals surface area contributed by atoms with Gasteiger partial charge in [0, 0.05) is 46.4 Å². The zero-order valence-electron chi connectivity index (χ0n) is 31.1. The lowest BCUT2D eigenvalue weighted by Gasteiger charge is -2.62. The Morgan fingerprint density at radius 1 is 1.02 bits per heavy atom. The molecule has 2 fully saturated rings. The van der Waals surface area contributed by atoms with E-state index in [1.807, 2.05) is 24.9 Å². The third kappa shape index (κ3) is 5.37. The van der Waals surface area contributed by atoms with Crippen LogP contribution in [0, 0.1) is 13.8 Å². The molecule has 0 spiro atoms. The fraction of sp³-hybridized carbons (Fsp3) is 0.400. The van der Waals surface area contributed by atoms with Crippen molar-refractivity contribution in [3.05, 3.63) is 85.8 Å². The predicted octanol–water partition coefficient (Wildman–Crippen LogP) is 3.56. The summed E-state index contributed by atoms with van der Waals surface area (Å²) in [6, 6.07) is 6.42. The second-order valence-corrected chi connectivity index (χ2v) is 15.9. The molecule has 6 aliphatic heterocycles. The van der Waals surface area contributed by atoms with Gasteiger partial charge in [-0.3, -0.25) is 19.4 Å². The number of amides is 1. The number of nitrogens with one attached hydrogen (secondary N) is 1. The highest BCUT2D eigenvalue weighted by atomic mass is 32.2. The van der Waals surface area contributed by atoms with Gasteiger partial charge in [0.25, 0.3) is 5.91 Å². The summed E-state index contributed by atoms with van der Waals surface area (Å²) in [6.07, 6.45) is -0.693. The average molecular weight is 786 g/mol. The molecule has 3 aromatic carbocycles. The number of phenolic OH excluding ortho intramolecular Hbond substituents is 1. The number of esters is 2. The van der Waals surface area contributed by atoms with Crippen LogP contribution in [0.2, 0.25) is 0 Å². The van der Waals surface area contributed by atoms with Crippen molar-refractivity contribution in [3.63, 3.8) is 0 Å². The molecule has 0 unspecified atom stereocenters. The molecule has 0 radical (unpaired) electrons. The summed E-state index contributed by atoms with van der Waals surface area (Å²) in [5.74, 6) is -0.874. The normalized spacial score (nSPS) is 26.5. The average Bonchev–Trinajstić information content (AvgIpc) is 3.66. The van der Waals surface area contributed by atoms with Crippen LogP contribution in [0.15, 0.2) is 45.6 Å². The molecular weight excluding hydrogens is 747 g/mol. The van der Waals surface area contributed by atoms with E-state index in [-0.39, 0.29) is 36.2 Å². The maximum atomic E-state index is 14.0. The number of rotatable bonds is 4. The molecule has 7 atom stereocenters. The number of ether oxygens (including phenoxy) is 5. The van der Waals surface area contributed by atoms with Crippen LogP contribution >= 0.6 is 11.8 Å². The van der Waals surface area contributed by atoms with Crippen LogP contribution in [-0.4, -0.2) is 95.5 Å². The minimum atomic E-state index is -1.24. The number of thioether (sulfide) groups is 1.